The number of hydrogen-bond donors (Lipinski definition) is 1. The van der Waals surface area contributed by atoms with Gasteiger partial charge in [0, 0.05) is 6.42 Å². The molecule has 3 rings (SSSR count). The Kier molecular flexibility index (Phi) is 5.71. The van der Waals surface area contributed by atoms with E-state index < -0.39 is 0 Å². The van der Waals surface area contributed by atoms with E-state index in [-0.39, 0.29) is 0 Å². The van der Waals surface area contributed by atoms with Gasteiger partial charge < -0.3 is 9.64 Å². The number of para-hydroxylation sites is 1. The second-order valence-electron chi connectivity index (χ2n) is 6.70. The Bertz CT molecular complexity index is 590. The molecule has 0 radical (unpaired) electrons. The van der Waals surface area contributed by atoms with Crippen LogP contribution < -0.4 is 9.64 Å². The number of piperidine rings is 1. The highest BCUT2D eigenvalue weighted by atomic mass is 16.5. The lowest BCUT2D eigenvalue weighted by atomic mass is 10.0. The lowest BCUT2D eigenvalue weighted by molar-refractivity contribution is -0.928. The first kappa shape index (κ1) is 16.1. The molecule has 23 heavy (non-hydrogen) atoms. The molecule has 0 amide bonds. The van der Waals surface area contributed by atoms with Crippen LogP contribution in [0, 0.1) is 0 Å². The zero-order valence-electron chi connectivity index (χ0n) is 14.1. The van der Waals surface area contributed by atoms with Gasteiger partial charge in [0.15, 0.2) is 0 Å². The van der Waals surface area contributed by atoms with Crippen molar-refractivity contribution in [3.63, 3.8) is 0 Å². The number of quaternary nitrogens is 1. The van der Waals surface area contributed by atoms with Crippen molar-refractivity contribution in [1.29, 1.82) is 0 Å². The molecule has 2 aromatic rings. The third-order valence-corrected chi connectivity index (χ3v) is 4.89. The molecule has 1 atom stereocenters. The van der Waals surface area contributed by atoms with Crippen molar-refractivity contribution >= 4 is 0 Å². The molecule has 2 aromatic carbocycles. The Hall–Kier alpha value is -1.80. The third kappa shape index (κ3) is 4.59. The average Bonchev–Trinajstić information content (AvgIpc) is 2.62. The molecule has 0 saturated carbocycles. The van der Waals surface area contributed by atoms with Crippen molar-refractivity contribution < 1.29 is 9.64 Å². The van der Waals surface area contributed by atoms with Gasteiger partial charge in [-0.05, 0) is 43.4 Å². The van der Waals surface area contributed by atoms with E-state index in [2.05, 4.69) is 61.5 Å². The van der Waals surface area contributed by atoms with E-state index >= 15 is 0 Å². The van der Waals surface area contributed by atoms with Gasteiger partial charge in [0.25, 0.3) is 0 Å². The summed E-state index contributed by atoms with van der Waals surface area (Å²) in [7, 11) is 0. The molecule has 1 heterocycles. The fourth-order valence-corrected chi connectivity index (χ4v) is 3.44. The van der Waals surface area contributed by atoms with E-state index in [9.17, 15) is 0 Å². The van der Waals surface area contributed by atoms with E-state index in [1.54, 1.807) is 4.90 Å². The molecule has 0 bridgehead atoms. The van der Waals surface area contributed by atoms with Crippen LogP contribution in [0.5, 0.6) is 5.75 Å². The topological polar surface area (TPSA) is 13.7 Å². The lowest BCUT2D eigenvalue weighted by Crippen LogP contribution is -3.16. The largest absolute Gasteiger partial charge is 0.487 e. The van der Waals surface area contributed by atoms with Crippen molar-refractivity contribution in [2.75, 3.05) is 19.7 Å². The minimum atomic E-state index is 0.570. The molecule has 122 valence electrons. The highest BCUT2D eigenvalue weighted by Gasteiger charge is 2.21. The van der Waals surface area contributed by atoms with Gasteiger partial charge in [-0.25, -0.2) is 0 Å². The minimum Gasteiger partial charge on any atom is -0.487 e. The van der Waals surface area contributed by atoms with Gasteiger partial charge in [0.2, 0.25) is 0 Å². The standard InChI is InChI=1S/C21H27NO/c1-18(22-14-8-3-9-15-22)17-23-21-13-7-6-12-20(21)16-19-10-4-2-5-11-19/h2,4-7,10-13,18H,3,8-9,14-17H2,1H3/p+1/t18-/m0/s1. The maximum absolute atomic E-state index is 6.20. The molecular formula is C21H28NO+. The molecular weight excluding hydrogens is 282 g/mol. The monoisotopic (exact) mass is 310 g/mol. The molecule has 0 aromatic heterocycles. The number of likely N-dealkylation sites (tertiary alicyclic amines) is 1. The third-order valence-electron chi connectivity index (χ3n) is 4.89. The Labute approximate surface area is 140 Å². The summed E-state index contributed by atoms with van der Waals surface area (Å²) in [5, 5.41) is 0. The molecule has 0 unspecified atom stereocenters. The predicted molar refractivity (Wildman–Crippen MR) is 95.2 cm³/mol. The Morgan fingerprint density at radius 1 is 0.913 bits per heavy atom. The minimum absolute atomic E-state index is 0.570. The van der Waals surface area contributed by atoms with Crippen molar-refractivity contribution in [2.24, 2.45) is 0 Å². The van der Waals surface area contributed by atoms with Crippen molar-refractivity contribution in [3.05, 3.63) is 65.7 Å². The molecule has 2 heteroatoms. The van der Waals surface area contributed by atoms with Crippen LogP contribution in [0.25, 0.3) is 0 Å². The Balaban J connectivity index is 1.61. The van der Waals surface area contributed by atoms with Crippen molar-refractivity contribution in [3.8, 4) is 5.75 Å². The van der Waals surface area contributed by atoms with E-state index in [1.165, 1.54) is 43.5 Å². The van der Waals surface area contributed by atoms with Crippen LogP contribution in [0.15, 0.2) is 54.6 Å². The first-order valence-corrected chi connectivity index (χ1v) is 8.92. The molecule has 2 nitrogen and oxygen atoms in total. The van der Waals surface area contributed by atoms with Crippen molar-refractivity contribution in [1.82, 2.24) is 0 Å². The predicted octanol–water partition coefficient (Wildman–Crippen LogP) is 3.11. The zero-order chi connectivity index (χ0) is 15.9. The molecule has 0 aliphatic carbocycles. The molecule has 0 spiro atoms. The number of nitrogens with one attached hydrogen (secondary N) is 1. The molecule has 1 fully saturated rings. The van der Waals surface area contributed by atoms with Crippen LogP contribution in [0.2, 0.25) is 0 Å². The summed E-state index contributed by atoms with van der Waals surface area (Å²) in [5.74, 6) is 1.04. The maximum Gasteiger partial charge on any atom is 0.140 e. The zero-order valence-corrected chi connectivity index (χ0v) is 14.1. The molecule has 1 aliphatic heterocycles. The smallest absolute Gasteiger partial charge is 0.140 e. The number of hydrogen-bond acceptors (Lipinski definition) is 1. The summed E-state index contributed by atoms with van der Waals surface area (Å²) in [5.41, 5.74) is 2.61. The summed E-state index contributed by atoms with van der Waals surface area (Å²) in [4.78, 5) is 1.71. The molecule has 1 aliphatic rings. The van der Waals surface area contributed by atoms with Crippen LogP contribution >= 0.6 is 0 Å². The molecule has 1 N–H and O–H groups in total. The number of benzene rings is 2. The Morgan fingerprint density at radius 2 is 1.61 bits per heavy atom. The summed E-state index contributed by atoms with van der Waals surface area (Å²) in [6, 6.07) is 19.6. The van der Waals surface area contributed by atoms with Crippen LogP contribution in [-0.2, 0) is 6.42 Å². The summed E-state index contributed by atoms with van der Waals surface area (Å²) in [6.45, 7) is 5.73. The van der Waals surface area contributed by atoms with Gasteiger partial charge in [-0.2, -0.15) is 0 Å². The quantitative estimate of drug-likeness (QED) is 0.865. The van der Waals surface area contributed by atoms with Gasteiger partial charge in [-0.15, -0.1) is 0 Å². The maximum atomic E-state index is 6.20. The Morgan fingerprint density at radius 3 is 2.39 bits per heavy atom. The average molecular weight is 310 g/mol. The van der Waals surface area contributed by atoms with Gasteiger partial charge in [-0.1, -0.05) is 48.5 Å². The van der Waals surface area contributed by atoms with E-state index in [4.69, 9.17) is 4.74 Å². The highest BCUT2D eigenvalue weighted by Crippen LogP contribution is 2.21. The van der Waals surface area contributed by atoms with Crippen LogP contribution in [0.4, 0.5) is 0 Å². The number of rotatable bonds is 6. The summed E-state index contributed by atoms with van der Waals surface area (Å²) in [6.07, 6.45) is 5.06. The first-order chi connectivity index (χ1) is 11.3. The van der Waals surface area contributed by atoms with E-state index in [0.717, 1.165) is 18.8 Å². The summed E-state index contributed by atoms with van der Waals surface area (Å²) >= 11 is 0. The molecule has 1 saturated heterocycles. The second-order valence-corrected chi connectivity index (χ2v) is 6.70. The lowest BCUT2D eigenvalue weighted by Gasteiger charge is -2.29. The van der Waals surface area contributed by atoms with E-state index in [0.29, 0.717) is 6.04 Å². The first-order valence-electron chi connectivity index (χ1n) is 8.92. The van der Waals surface area contributed by atoms with Gasteiger partial charge in [0.05, 0.1) is 13.1 Å². The van der Waals surface area contributed by atoms with Gasteiger partial charge in [0.1, 0.15) is 18.4 Å². The highest BCUT2D eigenvalue weighted by molar-refractivity contribution is 5.37. The SMILES string of the molecule is C[C@@H](COc1ccccc1Cc1ccccc1)[NH+]1CCCCC1. The normalized spacial score (nSPS) is 16.9. The van der Waals surface area contributed by atoms with E-state index in [1.807, 2.05) is 0 Å². The summed E-state index contributed by atoms with van der Waals surface area (Å²) < 4.78 is 6.20. The fraction of sp³-hybridized carbons (Fsp3) is 0.429. The van der Waals surface area contributed by atoms with Gasteiger partial charge in [-0.3, -0.25) is 0 Å². The number of ether oxygens (including phenoxy) is 1. The fourth-order valence-electron chi connectivity index (χ4n) is 3.44. The van der Waals surface area contributed by atoms with Gasteiger partial charge >= 0.3 is 0 Å². The van der Waals surface area contributed by atoms with Crippen LogP contribution in [-0.4, -0.2) is 25.7 Å². The second kappa shape index (κ2) is 8.16. The van der Waals surface area contributed by atoms with Crippen LogP contribution in [0.3, 0.4) is 0 Å². The van der Waals surface area contributed by atoms with Crippen LogP contribution in [0.1, 0.15) is 37.3 Å². The van der Waals surface area contributed by atoms with Crippen molar-refractivity contribution in [2.45, 2.75) is 38.6 Å².